The van der Waals surface area contributed by atoms with Crippen LogP contribution in [0.1, 0.15) is 34.1 Å². The maximum atomic E-state index is 12.7. The molecule has 0 atom stereocenters. The highest BCUT2D eigenvalue weighted by atomic mass is 16.6. The maximum Gasteiger partial charge on any atom is 0.347 e. The first-order valence-corrected chi connectivity index (χ1v) is 10.0. The highest BCUT2D eigenvalue weighted by molar-refractivity contribution is 5.95. The van der Waals surface area contributed by atoms with Crippen molar-refractivity contribution < 1.29 is 33.5 Å². The Bertz CT molecular complexity index is 1140. The topological polar surface area (TPSA) is 114 Å². The molecule has 0 aromatic heterocycles. The standard InChI is InChI=1S/C24H21NO8/c1-3-14-31-22-15-20(33-23(26)16-4-8-18(30-2)9-5-16)12-13-21(22)24(27)32-19-10-6-17(7-11-19)25(28)29/h4-13,15H,3,14H2,1-2H3. The fraction of sp³-hybridized carbons (Fsp3) is 0.167. The van der Waals surface area contributed by atoms with Crippen molar-refractivity contribution in [1.29, 1.82) is 0 Å². The monoisotopic (exact) mass is 451 g/mol. The second kappa shape index (κ2) is 10.8. The van der Waals surface area contributed by atoms with Crippen molar-refractivity contribution in [3.8, 4) is 23.0 Å². The molecule has 170 valence electrons. The predicted molar refractivity (Wildman–Crippen MR) is 118 cm³/mol. The summed E-state index contributed by atoms with van der Waals surface area (Å²) in [4.78, 5) is 35.3. The molecule has 0 aliphatic carbocycles. The molecule has 0 aliphatic heterocycles. The van der Waals surface area contributed by atoms with Crippen molar-refractivity contribution in [3.05, 3.63) is 88.0 Å². The molecular weight excluding hydrogens is 430 g/mol. The minimum absolute atomic E-state index is 0.117. The molecule has 0 amide bonds. The van der Waals surface area contributed by atoms with Crippen molar-refractivity contribution in [2.75, 3.05) is 13.7 Å². The van der Waals surface area contributed by atoms with Crippen LogP contribution in [0, 0.1) is 10.1 Å². The Balaban J connectivity index is 1.77. The summed E-state index contributed by atoms with van der Waals surface area (Å²) in [5, 5.41) is 10.8. The van der Waals surface area contributed by atoms with Crippen LogP contribution >= 0.6 is 0 Å². The zero-order valence-corrected chi connectivity index (χ0v) is 18.0. The largest absolute Gasteiger partial charge is 0.497 e. The highest BCUT2D eigenvalue weighted by Crippen LogP contribution is 2.28. The molecule has 0 spiro atoms. The molecule has 3 aromatic rings. The molecule has 0 radical (unpaired) electrons. The second-order valence-electron chi connectivity index (χ2n) is 6.76. The van der Waals surface area contributed by atoms with E-state index in [1.807, 2.05) is 6.92 Å². The van der Waals surface area contributed by atoms with Gasteiger partial charge in [0.15, 0.2) is 0 Å². The number of nitrogens with zero attached hydrogens (tertiary/aromatic N) is 1. The van der Waals surface area contributed by atoms with E-state index < -0.39 is 16.9 Å². The zero-order chi connectivity index (χ0) is 23.8. The second-order valence-corrected chi connectivity index (χ2v) is 6.76. The number of methoxy groups -OCH3 is 1. The molecule has 0 saturated heterocycles. The average Bonchev–Trinajstić information content (AvgIpc) is 2.83. The van der Waals surface area contributed by atoms with Gasteiger partial charge in [0, 0.05) is 18.2 Å². The lowest BCUT2D eigenvalue weighted by atomic mass is 10.2. The van der Waals surface area contributed by atoms with Crippen molar-refractivity contribution in [1.82, 2.24) is 0 Å². The average molecular weight is 451 g/mol. The molecule has 9 nitrogen and oxygen atoms in total. The molecule has 0 aliphatic rings. The van der Waals surface area contributed by atoms with Gasteiger partial charge in [-0.3, -0.25) is 10.1 Å². The van der Waals surface area contributed by atoms with Crippen LogP contribution in [0.25, 0.3) is 0 Å². The summed E-state index contributed by atoms with van der Waals surface area (Å²) in [6.07, 6.45) is 0.687. The van der Waals surface area contributed by atoms with Gasteiger partial charge in [0.05, 0.1) is 24.2 Å². The van der Waals surface area contributed by atoms with Crippen LogP contribution in [0.4, 0.5) is 5.69 Å². The first-order valence-electron chi connectivity index (χ1n) is 10.0. The molecule has 0 bridgehead atoms. The van der Waals surface area contributed by atoms with Gasteiger partial charge in [-0.05, 0) is 55.0 Å². The molecular formula is C24H21NO8. The number of hydrogen-bond acceptors (Lipinski definition) is 8. The molecule has 0 fully saturated rings. The third-order valence-electron chi connectivity index (χ3n) is 4.43. The third kappa shape index (κ3) is 6.07. The van der Waals surface area contributed by atoms with Gasteiger partial charge in [-0.1, -0.05) is 6.92 Å². The van der Waals surface area contributed by atoms with E-state index >= 15 is 0 Å². The quantitative estimate of drug-likeness (QED) is 0.197. The Morgan fingerprint density at radius 1 is 0.848 bits per heavy atom. The lowest BCUT2D eigenvalue weighted by Crippen LogP contribution is -2.13. The first-order chi connectivity index (χ1) is 15.9. The van der Waals surface area contributed by atoms with Crippen LogP contribution in [0.3, 0.4) is 0 Å². The third-order valence-corrected chi connectivity index (χ3v) is 4.43. The van der Waals surface area contributed by atoms with Gasteiger partial charge in [-0.2, -0.15) is 0 Å². The summed E-state index contributed by atoms with van der Waals surface area (Å²) in [5.41, 5.74) is 0.323. The molecule has 3 rings (SSSR count). The summed E-state index contributed by atoms with van der Waals surface area (Å²) >= 11 is 0. The number of benzene rings is 3. The number of carbonyl (C=O) groups is 2. The Hall–Kier alpha value is -4.40. The zero-order valence-electron chi connectivity index (χ0n) is 18.0. The normalized spacial score (nSPS) is 10.2. The summed E-state index contributed by atoms with van der Waals surface area (Å²) in [7, 11) is 1.53. The van der Waals surface area contributed by atoms with Crippen LogP contribution in [0.2, 0.25) is 0 Å². The lowest BCUT2D eigenvalue weighted by Gasteiger charge is -2.13. The van der Waals surface area contributed by atoms with E-state index in [9.17, 15) is 19.7 Å². The van der Waals surface area contributed by atoms with Crippen molar-refractivity contribution in [2.24, 2.45) is 0 Å². The van der Waals surface area contributed by atoms with Crippen LogP contribution in [0.15, 0.2) is 66.7 Å². The van der Waals surface area contributed by atoms with Crippen LogP contribution in [0.5, 0.6) is 23.0 Å². The maximum absolute atomic E-state index is 12.7. The number of esters is 2. The molecule has 3 aromatic carbocycles. The van der Waals surface area contributed by atoms with Gasteiger partial charge < -0.3 is 18.9 Å². The van der Waals surface area contributed by atoms with Crippen LogP contribution in [-0.4, -0.2) is 30.6 Å². The number of rotatable bonds is 9. The van der Waals surface area contributed by atoms with E-state index in [0.29, 0.717) is 24.3 Å². The number of non-ortho nitro benzene ring substituents is 1. The smallest absolute Gasteiger partial charge is 0.347 e. The van der Waals surface area contributed by atoms with E-state index in [1.54, 1.807) is 24.3 Å². The van der Waals surface area contributed by atoms with Crippen molar-refractivity contribution >= 4 is 17.6 Å². The van der Waals surface area contributed by atoms with Crippen LogP contribution in [-0.2, 0) is 0 Å². The Morgan fingerprint density at radius 2 is 1.45 bits per heavy atom. The molecule has 0 N–H and O–H groups in total. The summed E-state index contributed by atoms with van der Waals surface area (Å²) in [6.45, 7) is 2.23. The number of hydrogen-bond donors (Lipinski definition) is 0. The van der Waals surface area contributed by atoms with Crippen LogP contribution < -0.4 is 18.9 Å². The summed E-state index contributed by atoms with van der Waals surface area (Å²) in [6, 6.07) is 15.9. The van der Waals surface area contributed by atoms with E-state index in [1.165, 1.54) is 49.6 Å². The van der Waals surface area contributed by atoms with E-state index in [-0.39, 0.29) is 28.5 Å². The number of ether oxygens (including phenoxy) is 4. The molecule has 9 heteroatoms. The number of carbonyl (C=O) groups excluding carboxylic acids is 2. The fourth-order valence-electron chi connectivity index (χ4n) is 2.76. The minimum Gasteiger partial charge on any atom is -0.497 e. The van der Waals surface area contributed by atoms with Gasteiger partial charge >= 0.3 is 11.9 Å². The molecule has 0 heterocycles. The SMILES string of the molecule is CCCOc1cc(OC(=O)c2ccc(OC)cc2)ccc1C(=O)Oc1ccc([N+](=O)[O-])cc1. The summed E-state index contributed by atoms with van der Waals surface area (Å²) in [5.74, 6) is -0.180. The van der Waals surface area contributed by atoms with Gasteiger partial charge in [0.2, 0.25) is 0 Å². The van der Waals surface area contributed by atoms with Gasteiger partial charge in [0.25, 0.3) is 5.69 Å². The summed E-state index contributed by atoms with van der Waals surface area (Å²) < 4.78 is 21.4. The Morgan fingerprint density at radius 3 is 2.06 bits per heavy atom. The molecule has 33 heavy (non-hydrogen) atoms. The predicted octanol–water partition coefficient (Wildman–Crippen LogP) is 4.83. The van der Waals surface area contributed by atoms with Crippen molar-refractivity contribution in [3.63, 3.8) is 0 Å². The minimum atomic E-state index is -0.719. The van der Waals surface area contributed by atoms with Crippen molar-refractivity contribution in [2.45, 2.75) is 13.3 Å². The van der Waals surface area contributed by atoms with E-state index in [4.69, 9.17) is 18.9 Å². The Labute approximate surface area is 189 Å². The first kappa shape index (κ1) is 23.3. The number of nitro groups is 1. The lowest BCUT2D eigenvalue weighted by molar-refractivity contribution is -0.384. The highest BCUT2D eigenvalue weighted by Gasteiger charge is 2.18. The number of nitro benzene ring substituents is 1. The van der Waals surface area contributed by atoms with Gasteiger partial charge in [0.1, 0.15) is 28.6 Å². The molecule has 0 unspecified atom stereocenters. The van der Waals surface area contributed by atoms with E-state index in [2.05, 4.69) is 0 Å². The van der Waals surface area contributed by atoms with Gasteiger partial charge in [-0.25, -0.2) is 9.59 Å². The fourth-order valence-corrected chi connectivity index (χ4v) is 2.76. The Kier molecular flexibility index (Phi) is 7.59. The van der Waals surface area contributed by atoms with E-state index in [0.717, 1.165) is 0 Å². The van der Waals surface area contributed by atoms with Gasteiger partial charge in [-0.15, -0.1) is 0 Å². The molecule has 0 saturated carbocycles.